The van der Waals surface area contributed by atoms with E-state index >= 15 is 0 Å². The van der Waals surface area contributed by atoms with E-state index in [1.165, 1.54) is 6.42 Å². The third-order valence-corrected chi connectivity index (χ3v) is 5.14. The second kappa shape index (κ2) is 83.8. The van der Waals surface area contributed by atoms with E-state index < -0.39 is 0 Å². The largest absolute Gasteiger partial charge is 0.388 e. The molecule has 10 nitrogen and oxygen atoms in total. The summed E-state index contributed by atoms with van der Waals surface area (Å²) in [6.07, 6.45) is 4.19. The summed E-state index contributed by atoms with van der Waals surface area (Å²) >= 11 is 1.88. The van der Waals surface area contributed by atoms with Crippen LogP contribution < -0.4 is 16.1 Å². The maximum Gasteiger partial charge on any atom is 0.0574 e. The Morgan fingerprint density at radius 2 is 0.673 bits per heavy atom. The molecule has 0 spiro atoms. The van der Waals surface area contributed by atoms with Crippen LogP contribution in [-0.4, -0.2) is 157 Å². The van der Waals surface area contributed by atoms with Gasteiger partial charge in [-0.05, 0) is 93.3 Å². The lowest BCUT2D eigenvalue weighted by Gasteiger charge is -2.02. The third kappa shape index (κ3) is 470. The fraction of sp³-hybridized carbons (Fsp3) is 1.00. The highest BCUT2D eigenvalue weighted by Crippen LogP contribution is 2.00. The zero-order valence-electron chi connectivity index (χ0n) is 41.6. The lowest BCUT2D eigenvalue weighted by Crippen LogP contribution is -2.25. The molecule has 0 unspecified atom stereocenters. The Balaban J connectivity index is -0.0000000339. The predicted octanol–water partition coefficient (Wildman–Crippen LogP) is 9.65. The normalized spacial score (nSPS) is 9.12. The zero-order valence-corrected chi connectivity index (χ0v) is 42.4. The van der Waals surface area contributed by atoms with Gasteiger partial charge in [-0.25, -0.2) is 0 Å². The number of hydrazine groups is 1. The highest BCUT2D eigenvalue weighted by atomic mass is 32.2. The van der Waals surface area contributed by atoms with Gasteiger partial charge in [0.2, 0.25) is 0 Å². The van der Waals surface area contributed by atoms with Gasteiger partial charge >= 0.3 is 0 Å². The molecule has 0 aromatic rings. The van der Waals surface area contributed by atoms with Crippen LogP contribution in [0.4, 0.5) is 0 Å². The first kappa shape index (κ1) is 84.5. The number of thioether (sulfide) groups is 1. The second-order valence-electron chi connectivity index (χ2n) is 14.1. The van der Waals surface area contributed by atoms with Gasteiger partial charge < -0.3 is 34.6 Å². The van der Waals surface area contributed by atoms with Gasteiger partial charge in [-0.2, -0.15) is 16.8 Å². The van der Waals surface area contributed by atoms with Gasteiger partial charge in [0.15, 0.2) is 0 Å². The molecular weight excluding hydrogens is 673 g/mol. The van der Waals surface area contributed by atoms with Crippen molar-refractivity contribution in [1.29, 1.82) is 0 Å². The summed E-state index contributed by atoms with van der Waals surface area (Å²) < 4.78 is 13.8. The molecule has 0 atom stereocenters. The summed E-state index contributed by atoms with van der Waals surface area (Å²) in [5.41, 5.74) is 2.86. The molecule has 0 aromatic heterocycles. The minimum atomic E-state index is 0. The number of hydroxylamine groups is 2. The summed E-state index contributed by atoms with van der Waals surface area (Å²) in [6, 6.07) is 1.27. The average molecular weight is 785 g/mol. The van der Waals surface area contributed by atoms with E-state index in [1.54, 1.807) is 40.6 Å². The van der Waals surface area contributed by atoms with E-state index in [0.717, 1.165) is 17.1 Å². The van der Waals surface area contributed by atoms with Crippen molar-refractivity contribution in [3.63, 3.8) is 0 Å². The van der Waals surface area contributed by atoms with E-state index in [0.29, 0.717) is 24.3 Å². The topological polar surface area (TPSA) is 82.7 Å². The van der Waals surface area contributed by atoms with Crippen LogP contribution in [0.5, 0.6) is 0 Å². The van der Waals surface area contributed by atoms with Crippen LogP contribution in [0.1, 0.15) is 125 Å². The van der Waals surface area contributed by atoms with Crippen LogP contribution in [-0.2, 0) is 19.0 Å². The van der Waals surface area contributed by atoms with Crippen molar-refractivity contribution in [3.8, 4) is 0 Å². The van der Waals surface area contributed by atoms with E-state index in [1.807, 2.05) is 120 Å². The number of nitrogens with one attached hydrogen (secondary N) is 3. The molecule has 0 saturated heterocycles. The molecule has 0 amide bonds. The molecule has 0 aromatic carbocycles. The van der Waals surface area contributed by atoms with E-state index in [-0.39, 0.29) is 7.43 Å². The smallest absolute Gasteiger partial charge is 0.0574 e. The van der Waals surface area contributed by atoms with Crippen molar-refractivity contribution in [3.05, 3.63) is 0 Å². The summed E-state index contributed by atoms with van der Waals surface area (Å²) in [4.78, 5) is 6.58. The van der Waals surface area contributed by atoms with Crippen LogP contribution >= 0.6 is 11.8 Å². The molecule has 11 heteroatoms. The van der Waals surface area contributed by atoms with Gasteiger partial charge in [0.05, 0.1) is 19.3 Å². The molecule has 0 heterocycles. The first-order valence-corrected chi connectivity index (χ1v) is 19.8. The highest BCUT2D eigenvalue weighted by Gasteiger charge is 1.81. The van der Waals surface area contributed by atoms with Gasteiger partial charge in [-0.1, -0.05) is 96.9 Å². The van der Waals surface area contributed by atoms with Gasteiger partial charge in [-0.3, -0.25) is 10.4 Å². The quantitative estimate of drug-likeness (QED) is 0.206. The maximum atomic E-state index is 4.75. The lowest BCUT2D eigenvalue weighted by molar-refractivity contribution is -0.0855. The van der Waals surface area contributed by atoms with Crippen molar-refractivity contribution in [2.24, 2.45) is 11.8 Å². The third-order valence-electron chi connectivity index (χ3n) is 4.20. The minimum Gasteiger partial charge on any atom is -0.388 e. The Morgan fingerprint density at radius 1 is 0.558 bits per heavy atom. The molecule has 0 aliphatic heterocycles. The average Bonchev–Trinajstić information content (AvgIpc) is 3.02. The van der Waals surface area contributed by atoms with Crippen molar-refractivity contribution >= 4 is 11.8 Å². The predicted molar refractivity (Wildman–Crippen MR) is 250 cm³/mol. The monoisotopic (exact) mass is 785 g/mol. The fourth-order valence-electron chi connectivity index (χ4n) is 0. The molecule has 0 saturated carbocycles. The first-order chi connectivity index (χ1) is 23.0. The summed E-state index contributed by atoms with van der Waals surface area (Å²) in [7, 11) is 27.6. The lowest BCUT2D eigenvalue weighted by atomic mass is 10.2. The molecule has 0 aliphatic rings. The number of hydrogen-bond acceptors (Lipinski definition) is 11. The van der Waals surface area contributed by atoms with E-state index in [2.05, 4.69) is 115 Å². The van der Waals surface area contributed by atoms with Gasteiger partial charge in [-0.15, -0.1) is 0 Å². The number of methoxy groups -OCH3 is 3. The number of ether oxygens (including phenoxy) is 3. The molecule has 0 fully saturated rings. The Bertz CT molecular complexity index is 338. The van der Waals surface area contributed by atoms with Crippen molar-refractivity contribution < 1.29 is 19.0 Å². The molecule has 0 radical (unpaired) electrons. The Kier molecular flexibility index (Phi) is 136. The molecule has 3 N–H and O–H groups in total. The maximum absolute atomic E-state index is 4.75. The molecule has 336 valence electrons. The molecule has 52 heavy (non-hydrogen) atoms. The summed E-state index contributed by atoms with van der Waals surface area (Å²) in [5, 5.41) is 10.4. The van der Waals surface area contributed by atoms with Crippen molar-refractivity contribution in [2.75, 3.05) is 112 Å². The molecular formula is C41H112N6O4S. The van der Waals surface area contributed by atoms with Gasteiger partial charge in [0.25, 0.3) is 0 Å². The first-order valence-electron chi connectivity index (χ1n) is 18.5. The second-order valence-corrected chi connectivity index (χ2v) is 15.6. The van der Waals surface area contributed by atoms with Crippen molar-refractivity contribution in [1.82, 2.24) is 31.0 Å². The standard InChI is InChI=1S/C5H12.2C4H11N.2C4H10O.C4H10S.C4H10.C3H10N2.C3H9NO.C3H9N.C2H6O.CH4/c1-4-5(2)3;5*1-4(2)5-3;1-4(2)3;1-4-5(2)3;1-4(2)5-3;1-4(2)3;1-3-2;/h5H,4H2,1-3H3;2*4-5H,1-3H3;3*4H,1-3H3;4H,1-3H3;4H,1-3H3;1-3H3;1-3H3;1-2H3;1H4. The minimum absolute atomic E-state index is 0. The zero-order chi connectivity index (χ0) is 44.1. The Labute approximate surface area is 339 Å². The van der Waals surface area contributed by atoms with E-state index in [9.17, 15) is 0 Å². The van der Waals surface area contributed by atoms with Gasteiger partial charge in [0, 0.05) is 68.7 Å². The number of nitrogens with zero attached hydrogens (tertiary/aromatic N) is 3. The Morgan fingerprint density at radius 3 is 0.673 bits per heavy atom. The fourth-order valence-corrected chi connectivity index (χ4v) is 0. The van der Waals surface area contributed by atoms with Crippen LogP contribution in [0.3, 0.4) is 0 Å². The van der Waals surface area contributed by atoms with Gasteiger partial charge in [0.1, 0.15) is 0 Å². The highest BCUT2D eigenvalue weighted by molar-refractivity contribution is 7.99. The van der Waals surface area contributed by atoms with E-state index in [4.69, 9.17) is 9.47 Å². The molecule has 0 aliphatic carbocycles. The summed E-state index contributed by atoms with van der Waals surface area (Å²) in [6.45, 7) is 34.0. The number of hydrogen-bond donors (Lipinski definition) is 3. The molecule has 0 rings (SSSR count). The number of rotatable bonds is 8. The van der Waals surface area contributed by atoms with Crippen LogP contribution in [0.25, 0.3) is 0 Å². The van der Waals surface area contributed by atoms with Crippen molar-refractivity contribution in [2.45, 2.75) is 154 Å². The SMILES string of the molecule is C.CC(C)C.CCC(C)C.CN(C)C.CNC(C)C.CNC(C)C.CNN(C)C.COC.COC(C)C.COC(C)C.CON(C)C.CSC(C)C. The Hall–Kier alpha value is -0.0500. The molecule has 0 bridgehead atoms. The van der Waals surface area contributed by atoms with Crippen LogP contribution in [0.15, 0.2) is 0 Å². The summed E-state index contributed by atoms with van der Waals surface area (Å²) in [5.74, 6) is 1.72. The van der Waals surface area contributed by atoms with Crippen LogP contribution in [0.2, 0.25) is 0 Å². The van der Waals surface area contributed by atoms with Crippen LogP contribution in [0, 0.1) is 11.8 Å².